The number of pyridine rings is 1. The number of anilines is 1. The molecular weight excluding hydrogens is 318 g/mol. The monoisotopic (exact) mass is 337 g/mol. The third-order valence-corrected chi connectivity index (χ3v) is 3.63. The molecular formula is C18H19N5O2. The fraction of sp³-hybridized carbons (Fsp3) is 0.167. The molecule has 3 aromatic rings. The summed E-state index contributed by atoms with van der Waals surface area (Å²) in [7, 11) is 3.46. The predicted octanol–water partition coefficient (Wildman–Crippen LogP) is 2.81. The Hall–Kier alpha value is -3.35. The second kappa shape index (κ2) is 7.48. The summed E-state index contributed by atoms with van der Waals surface area (Å²) in [6, 6.07) is 10.7. The molecule has 25 heavy (non-hydrogen) atoms. The molecule has 0 aliphatic rings. The van der Waals surface area contributed by atoms with E-state index in [1.807, 2.05) is 25.4 Å². The van der Waals surface area contributed by atoms with Crippen molar-refractivity contribution in [3.8, 4) is 17.0 Å². The zero-order chi connectivity index (χ0) is 17.6. The van der Waals surface area contributed by atoms with Gasteiger partial charge < -0.3 is 15.4 Å². The van der Waals surface area contributed by atoms with E-state index < -0.39 is 0 Å². The fourth-order valence-electron chi connectivity index (χ4n) is 2.29. The molecule has 2 heterocycles. The molecule has 0 saturated carbocycles. The second-order valence-electron chi connectivity index (χ2n) is 5.49. The average molecular weight is 337 g/mol. The molecule has 0 atom stereocenters. The molecule has 7 heteroatoms. The molecule has 0 unspecified atom stereocenters. The Balaban J connectivity index is 1.53. The van der Waals surface area contributed by atoms with Crippen molar-refractivity contribution >= 4 is 11.7 Å². The van der Waals surface area contributed by atoms with Gasteiger partial charge in [-0.2, -0.15) is 5.10 Å². The molecule has 7 nitrogen and oxygen atoms in total. The lowest BCUT2D eigenvalue weighted by Gasteiger charge is -2.08. The number of rotatable bonds is 5. The number of carbonyl (C=O) groups excluding carboxylic acids is 1. The molecule has 0 aliphatic carbocycles. The Bertz CT molecular complexity index is 841. The molecule has 0 spiro atoms. The van der Waals surface area contributed by atoms with Crippen LogP contribution in [-0.4, -0.2) is 27.9 Å². The third kappa shape index (κ3) is 4.35. The minimum absolute atomic E-state index is 0.276. The quantitative estimate of drug-likeness (QED) is 0.750. The Morgan fingerprint density at radius 3 is 2.56 bits per heavy atom. The van der Waals surface area contributed by atoms with E-state index in [1.54, 1.807) is 48.5 Å². The van der Waals surface area contributed by atoms with Crippen molar-refractivity contribution in [3.05, 3.63) is 60.6 Å². The lowest BCUT2D eigenvalue weighted by atomic mass is 10.2. The summed E-state index contributed by atoms with van der Waals surface area (Å²) in [5.41, 5.74) is 3.42. The minimum Gasteiger partial charge on any atom is -0.497 e. The van der Waals surface area contributed by atoms with Crippen LogP contribution >= 0.6 is 0 Å². The van der Waals surface area contributed by atoms with Gasteiger partial charge in [0.05, 0.1) is 19.0 Å². The summed E-state index contributed by atoms with van der Waals surface area (Å²) in [6.07, 6.45) is 5.42. The van der Waals surface area contributed by atoms with E-state index in [9.17, 15) is 4.79 Å². The van der Waals surface area contributed by atoms with Crippen molar-refractivity contribution in [2.45, 2.75) is 6.54 Å². The zero-order valence-corrected chi connectivity index (χ0v) is 14.1. The van der Waals surface area contributed by atoms with Crippen LogP contribution < -0.4 is 15.4 Å². The van der Waals surface area contributed by atoms with Gasteiger partial charge in [0.1, 0.15) is 5.75 Å². The number of aromatic nitrogens is 3. The average Bonchev–Trinajstić information content (AvgIpc) is 3.07. The van der Waals surface area contributed by atoms with Crippen molar-refractivity contribution < 1.29 is 9.53 Å². The second-order valence-corrected chi connectivity index (χ2v) is 5.49. The molecule has 0 fully saturated rings. The topological polar surface area (TPSA) is 81.1 Å². The fourth-order valence-corrected chi connectivity index (χ4v) is 2.29. The molecule has 0 bridgehead atoms. The SMILES string of the molecule is COc1ccc(NC(=O)NCc2ccc(-c3cnn(C)c3)nc2)cc1. The first-order valence-corrected chi connectivity index (χ1v) is 7.77. The molecule has 0 radical (unpaired) electrons. The van der Waals surface area contributed by atoms with Gasteiger partial charge >= 0.3 is 6.03 Å². The number of carbonyl (C=O) groups is 1. The first-order valence-electron chi connectivity index (χ1n) is 7.77. The van der Waals surface area contributed by atoms with E-state index in [2.05, 4.69) is 20.7 Å². The van der Waals surface area contributed by atoms with Crippen LogP contribution in [0.3, 0.4) is 0 Å². The Kier molecular flexibility index (Phi) is 4.94. The van der Waals surface area contributed by atoms with Gasteiger partial charge in [-0.1, -0.05) is 6.07 Å². The molecule has 2 N–H and O–H groups in total. The number of nitrogens with zero attached hydrogens (tertiary/aromatic N) is 3. The van der Waals surface area contributed by atoms with Crippen LogP contribution in [0.5, 0.6) is 5.75 Å². The number of benzene rings is 1. The Morgan fingerprint density at radius 2 is 1.96 bits per heavy atom. The first kappa shape index (κ1) is 16.5. The molecule has 2 aromatic heterocycles. The Labute approximate surface area is 145 Å². The molecule has 3 rings (SSSR count). The van der Waals surface area contributed by atoms with Crippen molar-refractivity contribution in [2.24, 2.45) is 7.05 Å². The smallest absolute Gasteiger partial charge is 0.319 e. The summed E-state index contributed by atoms with van der Waals surface area (Å²) in [4.78, 5) is 16.4. The van der Waals surface area contributed by atoms with E-state index in [1.165, 1.54) is 0 Å². The molecule has 1 aromatic carbocycles. The predicted molar refractivity (Wildman–Crippen MR) is 95.3 cm³/mol. The number of aryl methyl sites for hydroxylation is 1. The maximum atomic E-state index is 11.9. The first-order chi connectivity index (χ1) is 12.1. The van der Waals surface area contributed by atoms with Crippen LogP contribution in [0.25, 0.3) is 11.3 Å². The van der Waals surface area contributed by atoms with Crippen LogP contribution in [0.1, 0.15) is 5.56 Å². The van der Waals surface area contributed by atoms with Gasteiger partial charge in [-0.3, -0.25) is 9.67 Å². The van der Waals surface area contributed by atoms with Crippen molar-refractivity contribution in [1.82, 2.24) is 20.1 Å². The van der Waals surface area contributed by atoms with Gasteiger partial charge in [0, 0.05) is 37.2 Å². The number of nitrogens with one attached hydrogen (secondary N) is 2. The van der Waals surface area contributed by atoms with E-state index in [0.717, 1.165) is 22.6 Å². The highest BCUT2D eigenvalue weighted by Gasteiger charge is 2.04. The van der Waals surface area contributed by atoms with Crippen LogP contribution in [0.4, 0.5) is 10.5 Å². The number of urea groups is 1. The summed E-state index contributed by atoms with van der Waals surface area (Å²) in [5, 5.41) is 9.70. The van der Waals surface area contributed by atoms with Crippen LogP contribution in [0.15, 0.2) is 55.0 Å². The number of ether oxygens (including phenoxy) is 1. The Morgan fingerprint density at radius 1 is 1.16 bits per heavy atom. The maximum Gasteiger partial charge on any atom is 0.319 e. The summed E-state index contributed by atoms with van der Waals surface area (Å²) in [5.74, 6) is 0.741. The molecule has 0 aliphatic heterocycles. The lowest BCUT2D eigenvalue weighted by molar-refractivity contribution is 0.251. The highest BCUT2D eigenvalue weighted by molar-refractivity contribution is 5.89. The van der Waals surface area contributed by atoms with Gasteiger partial charge in [-0.15, -0.1) is 0 Å². The van der Waals surface area contributed by atoms with Crippen LogP contribution in [0.2, 0.25) is 0 Å². The summed E-state index contributed by atoms with van der Waals surface area (Å²) >= 11 is 0. The number of hydrogen-bond donors (Lipinski definition) is 2. The molecule has 2 amide bonds. The highest BCUT2D eigenvalue weighted by Crippen LogP contribution is 2.16. The summed E-state index contributed by atoms with van der Waals surface area (Å²) < 4.78 is 6.81. The van der Waals surface area contributed by atoms with Gasteiger partial charge in [-0.25, -0.2) is 4.79 Å². The van der Waals surface area contributed by atoms with E-state index in [4.69, 9.17) is 4.74 Å². The standard InChI is InChI=1S/C18H19N5O2/c1-23-12-14(11-21-23)17-8-3-13(9-19-17)10-20-18(24)22-15-4-6-16(25-2)7-5-15/h3-9,11-12H,10H2,1-2H3,(H2,20,22,24). The number of hydrogen-bond acceptors (Lipinski definition) is 4. The molecule has 0 saturated heterocycles. The van der Waals surface area contributed by atoms with Crippen molar-refractivity contribution in [3.63, 3.8) is 0 Å². The van der Waals surface area contributed by atoms with Crippen molar-refractivity contribution in [2.75, 3.05) is 12.4 Å². The lowest BCUT2D eigenvalue weighted by Crippen LogP contribution is -2.28. The number of methoxy groups -OCH3 is 1. The maximum absolute atomic E-state index is 11.9. The zero-order valence-electron chi connectivity index (χ0n) is 14.1. The van der Waals surface area contributed by atoms with Gasteiger partial charge in [0.25, 0.3) is 0 Å². The third-order valence-electron chi connectivity index (χ3n) is 3.63. The highest BCUT2D eigenvalue weighted by atomic mass is 16.5. The summed E-state index contributed by atoms with van der Waals surface area (Å²) in [6.45, 7) is 0.391. The number of amides is 2. The van der Waals surface area contributed by atoms with Gasteiger partial charge in [0.15, 0.2) is 0 Å². The minimum atomic E-state index is -0.276. The normalized spacial score (nSPS) is 10.3. The van der Waals surface area contributed by atoms with Crippen LogP contribution in [0, 0.1) is 0 Å². The van der Waals surface area contributed by atoms with E-state index >= 15 is 0 Å². The van der Waals surface area contributed by atoms with Crippen molar-refractivity contribution in [1.29, 1.82) is 0 Å². The molecule has 128 valence electrons. The van der Waals surface area contributed by atoms with E-state index in [0.29, 0.717) is 12.2 Å². The van der Waals surface area contributed by atoms with Gasteiger partial charge in [0.2, 0.25) is 0 Å². The van der Waals surface area contributed by atoms with E-state index in [-0.39, 0.29) is 6.03 Å². The van der Waals surface area contributed by atoms with Gasteiger partial charge in [-0.05, 0) is 35.9 Å². The largest absolute Gasteiger partial charge is 0.497 e. The van der Waals surface area contributed by atoms with Crippen LogP contribution in [-0.2, 0) is 13.6 Å².